The molecule has 2 N–H and O–H groups in total. The highest BCUT2D eigenvalue weighted by Gasteiger charge is 2.48. The van der Waals surface area contributed by atoms with E-state index in [9.17, 15) is 5.02 Å². The number of benzene rings is 4. The van der Waals surface area contributed by atoms with Gasteiger partial charge in [0.15, 0.2) is 0 Å². The summed E-state index contributed by atoms with van der Waals surface area (Å²) >= 11 is 0. The average Bonchev–Trinajstić information content (AvgIpc) is 2.94. The van der Waals surface area contributed by atoms with E-state index in [1.165, 1.54) is 70.1 Å². The first kappa shape index (κ1) is 22.7. The summed E-state index contributed by atoms with van der Waals surface area (Å²) < 4.78 is 2.23. The van der Waals surface area contributed by atoms with E-state index in [1.54, 1.807) is 0 Å². The Labute approximate surface area is 220 Å². The predicted molar refractivity (Wildman–Crippen MR) is 159 cm³/mol. The van der Waals surface area contributed by atoms with Gasteiger partial charge in [-0.1, -0.05) is 75.2 Å². The van der Waals surface area contributed by atoms with Gasteiger partial charge in [0.25, 0.3) is 0 Å². The summed E-state index contributed by atoms with van der Waals surface area (Å²) in [6.45, 7) is 4.38. The van der Waals surface area contributed by atoms with E-state index < -0.39 is 7.05 Å². The molecule has 0 fully saturated rings. The van der Waals surface area contributed by atoms with Gasteiger partial charge in [-0.05, 0) is 88.7 Å². The molecule has 0 saturated carbocycles. The Morgan fingerprint density at radius 2 is 1.35 bits per heavy atom. The lowest BCUT2D eigenvalue weighted by atomic mass is 9.47. The fourth-order valence-electron chi connectivity index (χ4n) is 6.65. The zero-order chi connectivity index (χ0) is 25.1. The second kappa shape index (κ2) is 8.85. The average molecular weight is 482 g/mol. The molecule has 4 aromatic carbocycles. The summed E-state index contributed by atoms with van der Waals surface area (Å²) in [5.41, 5.74) is 14.8. The van der Waals surface area contributed by atoms with Gasteiger partial charge in [0, 0.05) is 28.1 Å². The van der Waals surface area contributed by atoms with Crippen LogP contribution in [0.25, 0.3) is 33.4 Å². The van der Waals surface area contributed by atoms with Crippen LogP contribution in [0, 0.1) is 0 Å². The zero-order valence-electron chi connectivity index (χ0n) is 21.7. The quantitative estimate of drug-likeness (QED) is 0.331. The van der Waals surface area contributed by atoms with Gasteiger partial charge in [-0.2, -0.15) is 0 Å². The first-order valence-electron chi connectivity index (χ1n) is 13.9. The second-order valence-corrected chi connectivity index (χ2v) is 10.8. The minimum atomic E-state index is -0.715. The molecule has 0 unspecified atom stereocenters. The van der Waals surface area contributed by atoms with Crippen molar-refractivity contribution in [3.05, 3.63) is 83.9 Å². The number of hydrogen-bond donors (Lipinski definition) is 2. The Bertz CT molecular complexity index is 1530. The Morgan fingerprint density at radius 1 is 0.703 bits per heavy atom. The summed E-state index contributed by atoms with van der Waals surface area (Å²) in [5.74, 6) is 0. The molecule has 0 bridgehead atoms. The van der Waals surface area contributed by atoms with Crippen molar-refractivity contribution in [3.8, 4) is 33.4 Å². The maximum absolute atomic E-state index is 11.9. The Balaban J connectivity index is 1.49. The molecule has 37 heavy (non-hydrogen) atoms. The van der Waals surface area contributed by atoms with Crippen molar-refractivity contribution in [2.45, 2.75) is 52.4 Å². The van der Waals surface area contributed by atoms with E-state index in [-0.39, 0.29) is 6.98 Å². The Kier molecular flexibility index (Phi) is 5.44. The fourth-order valence-corrected chi connectivity index (χ4v) is 6.65. The van der Waals surface area contributed by atoms with Gasteiger partial charge < -0.3 is 15.0 Å². The van der Waals surface area contributed by atoms with Crippen molar-refractivity contribution >= 4 is 36.3 Å². The molecular weight excluding hydrogens is 450 g/mol. The van der Waals surface area contributed by atoms with Crippen LogP contribution >= 0.6 is 0 Å². The highest BCUT2D eigenvalue weighted by molar-refractivity contribution is 6.97. The predicted octanol–water partition coefficient (Wildman–Crippen LogP) is 6.01. The van der Waals surface area contributed by atoms with Crippen LogP contribution in [-0.2, 0) is 12.8 Å². The highest BCUT2D eigenvalue weighted by atomic mass is 16.2. The van der Waals surface area contributed by atoms with Crippen molar-refractivity contribution in [2.24, 2.45) is 0 Å². The molecular formula is C32H32B2N2O. The van der Waals surface area contributed by atoms with Gasteiger partial charge in [-0.25, -0.2) is 0 Å². The number of nitrogens with one attached hydrogen (secondary N) is 1. The third-order valence-corrected chi connectivity index (χ3v) is 8.47. The van der Waals surface area contributed by atoms with Crippen LogP contribution < -0.4 is 20.9 Å². The summed E-state index contributed by atoms with van der Waals surface area (Å²) in [6.07, 6.45) is 6.94. The molecule has 0 amide bonds. The van der Waals surface area contributed by atoms with Gasteiger partial charge in [0.1, 0.15) is 0 Å². The Morgan fingerprint density at radius 3 is 2.14 bits per heavy atom. The van der Waals surface area contributed by atoms with Crippen LogP contribution in [0.3, 0.4) is 0 Å². The van der Waals surface area contributed by atoms with Crippen LogP contribution in [0.1, 0.15) is 50.7 Å². The molecule has 3 aliphatic heterocycles. The van der Waals surface area contributed by atoms with Crippen molar-refractivity contribution < 1.29 is 5.02 Å². The summed E-state index contributed by atoms with van der Waals surface area (Å²) in [5, 5.41) is 15.7. The zero-order valence-corrected chi connectivity index (χ0v) is 21.7. The lowest BCUT2D eigenvalue weighted by molar-refractivity contribution is 0.587. The molecule has 3 aliphatic rings. The third-order valence-electron chi connectivity index (χ3n) is 8.47. The van der Waals surface area contributed by atoms with Gasteiger partial charge in [-0.3, -0.25) is 0 Å². The molecule has 4 aromatic rings. The topological polar surface area (TPSA) is 35.5 Å². The number of hydrogen-bond acceptors (Lipinski definition) is 3. The second-order valence-electron chi connectivity index (χ2n) is 10.8. The first-order chi connectivity index (χ1) is 18.2. The molecule has 3 heterocycles. The number of aryl methyl sites for hydroxylation is 2. The van der Waals surface area contributed by atoms with Crippen molar-refractivity contribution in [1.29, 1.82) is 0 Å². The lowest BCUT2D eigenvalue weighted by Crippen LogP contribution is -2.68. The maximum Gasteiger partial charge on any atom is 0.438 e. The maximum atomic E-state index is 11.9. The normalized spacial score (nSPS) is 14.0. The van der Waals surface area contributed by atoms with Gasteiger partial charge in [0.05, 0.1) is 0 Å². The molecule has 0 spiro atoms. The van der Waals surface area contributed by atoms with Gasteiger partial charge in [0.2, 0.25) is 0 Å². The van der Waals surface area contributed by atoms with E-state index in [0.29, 0.717) is 0 Å². The minimum absolute atomic E-state index is 0.128. The molecule has 0 aromatic heterocycles. The standard InChI is InChI=1S/C32H32B2N2O/c1-3-5-10-21-16-17-30-26(18-21)24-13-9-14-25-28-20-22(11-6-4-2)19-27-23-12-7-8-15-29(23)34(37)36(32(27)28)33(35-30)31(24)25/h7-9,12-20,35,37H,3-6,10-11H2,1-2H3. The fraction of sp³-hybridized carbons (Fsp3) is 0.250. The smallest absolute Gasteiger partial charge is 0.429 e. The van der Waals surface area contributed by atoms with Gasteiger partial charge >= 0.3 is 14.0 Å². The van der Waals surface area contributed by atoms with Crippen LogP contribution in [0.2, 0.25) is 0 Å². The number of nitrogens with zero attached hydrogens (tertiary/aromatic N) is 1. The molecule has 0 saturated heterocycles. The molecule has 3 nitrogen and oxygen atoms in total. The molecule has 5 heteroatoms. The monoisotopic (exact) mass is 482 g/mol. The minimum Gasteiger partial charge on any atom is -0.429 e. The SMILES string of the molecule is CCCCc1ccc2c(c1)-c1cccc3c1B(N2)N1B(O)c2ccccc2-c2cc(CCCC)cc-3c21. The first-order valence-corrected chi connectivity index (χ1v) is 13.9. The number of rotatable bonds is 6. The molecule has 0 atom stereocenters. The molecule has 7 rings (SSSR count). The Hall–Kier alpha value is -3.43. The molecule has 182 valence electrons. The number of fused-ring (bicyclic) bond motifs is 6. The lowest BCUT2D eigenvalue weighted by Gasteiger charge is -2.47. The summed E-state index contributed by atoms with van der Waals surface area (Å²) in [7, 11) is -0.715. The largest absolute Gasteiger partial charge is 0.438 e. The van der Waals surface area contributed by atoms with E-state index >= 15 is 0 Å². The van der Waals surface area contributed by atoms with Crippen molar-refractivity contribution in [1.82, 2.24) is 0 Å². The number of anilines is 2. The van der Waals surface area contributed by atoms with E-state index in [1.807, 2.05) is 6.07 Å². The summed E-state index contributed by atoms with van der Waals surface area (Å²) in [4.78, 5) is 0. The van der Waals surface area contributed by atoms with Crippen LogP contribution in [-0.4, -0.2) is 19.1 Å². The van der Waals surface area contributed by atoms with Crippen molar-refractivity contribution in [3.63, 3.8) is 0 Å². The number of unbranched alkanes of at least 4 members (excludes halogenated alkanes) is 2. The third kappa shape index (κ3) is 3.40. The van der Waals surface area contributed by atoms with Gasteiger partial charge in [-0.15, -0.1) is 0 Å². The highest BCUT2D eigenvalue weighted by Crippen LogP contribution is 2.48. The van der Waals surface area contributed by atoms with E-state index in [0.717, 1.165) is 35.2 Å². The summed E-state index contributed by atoms with van der Waals surface area (Å²) in [6, 6.07) is 26.8. The van der Waals surface area contributed by atoms with Crippen LogP contribution in [0.4, 0.5) is 11.4 Å². The van der Waals surface area contributed by atoms with Crippen LogP contribution in [0.15, 0.2) is 72.8 Å². The van der Waals surface area contributed by atoms with Crippen LogP contribution in [0.5, 0.6) is 0 Å². The van der Waals surface area contributed by atoms with E-state index in [2.05, 4.69) is 90.5 Å². The molecule has 0 radical (unpaired) electrons. The van der Waals surface area contributed by atoms with E-state index in [4.69, 9.17) is 0 Å². The molecule has 0 aliphatic carbocycles. The van der Waals surface area contributed by atoms with Crippen molar-refractivity contribution in [2.75, 3.05) is 9.95 Å².